The van der Waals surface area contributed by atoms with E-state index in [0.29, 0.717) is 15.7 Å². The fourth-order valence-electron chi connectivity index (χ4n) is 2.29. The van der Waals surface area contributed by atoms with Crippen LogP contribution in [0.4, 0.5) is 11.4 Å². The third kappa shape index (κ3) is 3.64. The van der Waals surface area contributed by atoms with Crippen LogP contribution in [0.2, 0.25) is 10.0 Å². The number of halogens is 2. The van der Waals surface area contributed by atoms with Crippen molar-refractivity contribution < 1.29 is 4.79 Å². The van der Waals surface area contributed by atoms with Crippen molar-refractivity contribution >= 4 is 62.0 Å². The summed E-state index contributed by atoms with van der Waals surface area (Å²) in [7, 11) is 0. The monoisotopic (exact) mass is 379 g/mol. The zero-order chi connectivity index (χ0) is 17.3. The van der Waals surface area contributed by atoms with Crippen LogP contribution >= 0.6 is 34.5 Å². The van der Waals surface area contributed by atoms with E-state index in [9.17, 15) is 4.79 Å². The molecule has 0 unspecified atom stereocenters. The Labute approximate surface area is 153 Å². The summed E-state index contributed by atoms with van der Waals surface area (Å²) in [6.45, 7) is 3.76. The van der Waals surface area contributed by atoms with Crippen LogP contribution in [0, 0.1) is 6.92 Å². The molecule has 0 spiro atoms. The predicted molar refractivity (Wildman–Crippen MR) is 103 cm³/mol. The van der Waals surface area contributed by atoms with Gasteiger partial charge in [-0.2, -0.15) is 0 Å². The number of aromatic nitrogens is 1. The van der Waals surface area contributed by atoms with E-state index in [2.05, 4.69) is 15.6 Å². The second kappa shape index (κ2) is 6.97. The molecule has 1 aromatic heterocycles. The smallest absolute Gasteiger partial charge is 0.246 e. The van der Waals surface area contributed by atoms with Crippen LogP contribution in [0.25, 0.3) is 10.2 Å². The van der Waals surface area contributed by atoms with Gasteiger partial charge in [-0.1, -0.05) is 29.3 Å². The topological polar surface area (TPSA) is 54.0 Å². The first kappa shape index (κ1) is 17.0. The number of hydrogen-bond acceptors (Lipinski definition) is 4. The Morgan fingerprint density at radius 2 is 2.04 bits per heavy atom. The van der Waals surface area contributed by atoms with Crippen molar-refractivity contribution in [3.63, 3.8) is 0 Å². The fourth-order valence-corrected chi connectivity index (χ4v) is 3.50. The van der Waals surface area contributed by atoms with Crippen LogP contribution < -0.4 is 10.6 Å². The van der Waals surface area contributed by atoms with Crippen molar-refractivity contribution in [3.05, 3.63) is 51.5 Å². The van der Waals surface area contributed by atoms with Crippen molar-refractivity contribution in [2.45, 2.75) is 19.9 Å². The van der Waals surface area contributed by atoms with Crippen LogP contribution in [0.5, 0.6) is 0 Å². The second-order valence-electron chi connectivity index (χ2n) is 5.37. The van der Waals surface area contributed by atoms with Gasteiger partial charge >= 0.3 is 0 Å². The molecule has 0 aliphatic carbocycles. The van der Waals surface area contributed by atoms with Gasteiger partial charge in [0.2, 0.25) is 5.91 Å². The summed E-state index contributed by atoms with van der Waals surface area (Å²) in [6.07, 6.45) is 0. The van der Waals surface area contributed by atoms with E-state index in [-0.39, 0.29) is 5.91 Å². The molecule has 0 aliphatic heterocycles. The SMILES string of the molecule is Cc1nc2ccc(N[C@H](C)C(=O)Nc3cccc(Cl)c3Cl)cc2s1. The van der Waals surface area contributed by atoms with Gasteiger partial charge in [0.15, 0.2) is 0 Å². The quantitative estimate of drug-likeness (QED) is 0.642. The third-order valence-electron chi connectivity index (χ3n) is 3.48. The number of rotatable bonds is 4. The highest BCUT2D eigenvalue weighted by atomic mass is 35.5. The number of benzene rings is 2. The highest BCUT2D eigenvalue weighted by molar-refractivity contribution is 7.18. The van der Waals surface area contributed by atoms with E-state index in [1.807, 2.05) is 25.1 Å². The Balaban J connectivity index is 1.71. The number of nitrogens with zero attached hydrogens (tertiary/aromatic N) is 1. The number of aryl methyl sites for hydroxylation is 1. The molecule has 1 atom stereocenters. The molecule has 3 aromatic rings. The highest BCUT2D eigenvalue weighted by Crippen LogP contribution is 2.30. The van der Waals surface area contributed by atoms with Gasteiger partial charge in [0.25, 0.3) is 0 Å². The van der Waals surface area contributed by atoms with E-state index in [1.165, 1.54) is 0 Å². The minimum atomic E-state index is -0.438. The maximum Gasteiger partial charge on any atom is 0.246 e. The Hall–Kier alpha value is -1.82. The van der Waals surface area contributed by atoms with Gasteiger partial charge in [-0.05, 0) is 44.2 Å². The zero-order valence-electron chi connectivity index (χ0n) is 13.1. The van der Waals surface area contributed by atoms with Crippen molar-refractivity contribution in [1.82, 2.24) is 4.98 Å². The molecule has 1 heterocycles. The zero-order valence-corrected chi connectivity index (χ0v) is 15.4. The first-order valence-corrected chi connectivity index (χ1v) is 8.90. The van der Waals surface area contributed by atoms with E-state index in [0.717, 1.165) is 20.9 Å². The van der Waals surface area contributed by atoms with Crippen LogP contribution in [0.3, 0.4) is 0 Å². The molecular weight excluding hydrogens is 365 g/mol. The molecule has 0 fully saturated rings. The summed E-state index contributed by atoms with van der Waals surface area (Å²) in [5.41, 5.74) is 2.33. The Morgan fingerprint density at radius 3 is 2.83 bits per heavy atom. The normalized spacial score (nSPS) is 12.2. The summed E-state index contributed by atoms with van der Waals surface area (Å²) in [4.78, 5) is 16.8. The average molecular weight is 380 g/mol. The maximum absolute atomic E-state index is 12.4. The number of thiazole rings is 1. The van der Waals surface area contributed by atoms with Gasteiger partial charge < -0.3 is 10.6 Å². The van der Waals surface area contributed by atoms with Crippen LogP contribution in [-0.4, -0.2) is 16.9 Å². The van der Waals surface area contributed by atoms with Gasteiger partial charge in [-0.25, -0.2) is 4.98 Å². The molecule has 3 rings (SSSR count). The number of fused-ring (bicyclic) bond motifs is 1. The first-order valence-electron chi connectivity index (χ1n) is 7.32. The number of carbonyl (C=O) groups is 1. The van der Waals surface area contributed by atoms with Crippen molar-refractivity contribution in [2.24, 2.45) is 0 Å². The number of amides is 1. The fraction of sp³-hybridized carbons (Fsp3) is 0.176. The van der Waals surface area contributed by atoms with E-state index < -0.39 is 6.04 Å². The second-order valence-corrected chi connectivity index (χ2v) is 7.39. The predicted octanol–water partition coefficient (Wildman–Crippen LogP) is 5.35. The van der Waals surface area contributed by atoms with Crippen molar-refractivity contribution in [3.8, 4) is 0 Å². The van der Waals surface area contributed by atoms with Crippen molar-refractivity contribution in [2.75, 3.05) is 10.6 Å². The van der Waals surface area contributed by atoms with Gasteiger partial charge in [-0.15, -0.1) is 11.3 Å². The lowest BCUT2D eigenvalue weighted by Gasteiger charge is -2.16. The average Bonchev–Trinajstić information content (AvgIpc) is 2.91. The lowest BCUT2D eigenvalue weighted by atomic mass is 10.2. The van der Waals surface area contributed by atoms with Gasteiger partial charge in [0, 0.05) is 5.69 Å². The molecule has 0 saturated carbocycles. The minimum Gasteiger partial charge on any atom is -0.374 e. The Kier molecular flexibility index (Phi) is 4.94. The molecule has 2 N–H and O–H groups in total. The molecule has 0 aliphatic rings. The molecule has 7 heteroatoms. The molecule has 1 amide bonds. The molecule has 24 heavy (non-hydrogen) atoms. The molecular formula is C17H15Cl2N3OS. The standard InChI is InChI=1S/C17H15Cl2N3OS/c1-9(17(23)22-14-5-3-4-12(18)16(14)19)20-11-6-7-13-15(8-11)24-10(2)21-13/h3-9,20H,1-2H3,(H,22,23)/t9-/m1/s1. The molecule has 0 saturated heterocycles. The minimum absolute atomic E-state index is 0.195. The Bertz CT molecular complexity index is 910. The van der Waals surface area contributed by atoms with Crippen LogP contribution in [0.15, 0.2) is 36.4 Å². The van der Waals surface area contributed by atoms with Gasteiger partial charge in [0.1, 0.15) is 6.04 Å². The third-order valence-corrected chi connectivity index (χ3v) is 5.23. The number of hydrogen-bond donors (Lipinski definition) is 2. The number of nitrogens with one attached hydrogen (secondary N) is 2. The largest absolute Gasteiger partial charge is 0.374 e. The van der Waals surface area contributed by atoms with Gasteiger partial charge in [-0.3, -0.25) is 4.79 Å². The van der Waals surface area contributed by atoms with Gasteiger partial charge in [0.05, 0.1) is 31.0 Å². The van der Waals surface area contributed by atoms with Crippen LogP contribution in [-0.2, 0) is 4.79 Å². The first-order chi connectivity index (χ1) is 11.4. The summed E-state index contributed by atoms with van der Waals surface area (Å²) < 4.78 is 1.09. The van der Waals surface area contributed by atoms with E-state index >= 15 is 0 Å². The lowest BCUT2D eigenvalue weighted by molar-refractivity contribution is -0.116. The summed E-state index contributed by atoms with van der Waals surface area (Å²) in [6, 6.07) is 10.5. The summed E-state index contributed by atoms with van der Waals surface area (Å²) in [5.74, 6) is -0.195. The summed E-state index contributed by atoms with van der Waals surface area (Å²) >= 11 is 13.7. The molecule has 4 nitrogen and oxygen atoms in total. The number of anilines is 2. The molecule has 124 valence electrons. The van der Waals surface area contributed by atoms with E-state index in [4.69, 9.17) is 23.2 Å². The van der Waals surface area contributed by atoms with Crippen molar-refractivity contribution in [1.29, 1.82) is 0 Å². The lowest BCUT2D eigenvalue weighted by Crippen LogP contribution is -2.31. The number of carbonyl (C=O) groups excluding carboxylic acids is 1. The molecule has 0 radical (unpaired) electrons. The van der Waals surface area contributed by atoms with E-state index in [1.54, 1.807) is 36.5 Å². The molecule has 0 bridgehead atoms. The Morgan fingerprint density at radius 1 is 1.25 bits per heavy atom. The van der Waals surface area contributed by atoms with Crippen LogP contribution in [0.1, 0.15) is 11.9 Å². The maximum atomic E-state index is 12.4. The molecule has 2 aromatic carbocycles. The highest BCUT2D eigenvalue weighted by Gasteiger charge is 2.15. The summed E-state index contributed by atoms with van der Waals surface area (Å²) in [5, 5.41) is 7.73.